The SMILES string of the molecule is CC.Cc1cc(F)ccc1CCC(C)Nc1ncnc(NC=O)n1. The van der Waals surface area contributed by atoms with E-state index in [4.69, 9.17) is 0 Å². The Morgan fingerprint density at radius 3 is 2.62 bits per heavy atom. The molecule has 1 heterocycles. The molecular formula is C17H24FN5O. The van der Waals surface area contributed by atoms with E-state index in [1.807, 2.05) is 33.8 Å². The Hall–Kier alpha value is -2.57. The molecule has 1 aromatic heterocycles. The van der Waals surface area contributed by atoms with Crippen LogP contribution >= 0.6 is 0 Å². The molecule has 0 saturated carbocycles. The topological polar surface area (TPSA) is 79.8 Å². The Morgan fingerprint density at radius 2 is 1.96 bits per heavy atom. The van der Waals surface area contributed by atoms with E-state index in [1.54, 1.807) is 0 Å². The summed E-state index contributed by atoms with van der Waals surface area (Å²) in [4.78, 5) is 22.2. The van der Waals surface area contributed by atoms with Crippen molar-refractivity contribution in [2.75, 3.05) is 10.6 Å². The van der Waals surface area contributed by atoms with E-state index in [0.29, 0.717) is 12.4 Å². The number of aromatic nitrogens is 3. The maximum atomic E-state index is 13.1. The zero-order valence-electron chi connectivity index (χ0n) is 14.5. The van der Waals surface area contributed by atoms with Crippen LogP contribution in [0, 0.1) is 12.7 Å². The van der Waals surface area contributed by atoms with Crippen LogP contribution in [-0.2, 0) is 11.2 Å². The van der Waals surface area contributed by atoms with Crippen molar-refractivity contribution < 1.29 is 9.18 Å². The smallest absolute Gasteiger partial charge is 0.233 e. The second-order valence-corrected chi connectivity index (χ2v) is 5.05. The lowest BCUT2D eigenvalue weighted by Crippen LogP contribution is -2.18. The van der Waals surface area contributed by atoms with Gasteiger partial charge in [-0.3, -0.25) is 10.1 Å². The number of nitrogens with one attached hydrogen (secondary N) is 2. The largest absolute Gasteiger partial charge is 0.352 e. The first-order valence-corrected chi connectivity index (χ1v) is 7.99. The molecule has 1 aromatic carbocycles. The fourth-order valence-electron chi connectivity index (χ4n) is 2.09. The van der Waals surface area contributed by atoms with Gasteiger partial charge in [-0.15, -0.1) is 0 Å². The van der Waals surface area contributed by atoms with E-state index in [9.17, 15) is 9.18 Å². The second kappa shape index (κ2) is 10.3. The number of carbonyl (C=O) groups is 1. The van der Waals surface area contributed by atoms with Crippen molar-refractivity contribution in [1.82, 2.24) is 15.0 Å². The summed E-state index contributed by atoms with van der Waals surface area (Å²) in [5, 5.41) is 5.52. The summed E-state index contributed by atoms with van der Waals surface area (Å²) in [6.07, 6.45) is 3.51. The quantitative estimate of drug-likeness (QED) is 0.760. The van der Waals surface area contributed by atoms with Crippen molar-refractivity contribution in [3.63, 3.8) is 0 Å². The van der Waals surface area contributed by atoms with Crippen LogP contribution in [0.2, 0.25) is 0 Å². The van der Waals surface area contributed by atoms with Crippen molar-refractivity contribution in [3.8, 4) is 0 Å². The minimum absolute atomic E-state index is 0.121. The van der Waals surface area contributed by atoms with Crippen molar-refractivity contribution in [2.24, 2.45) is 0 Å². The lowest BCUT2D eigenvalue weighted by Gasteiger charge is -2.14. The van der Waals surface area contributed by atoms with Gasteiger partial charge in [-0.2, -0.15) is 4.98 Å². The van der Waals surface area contributed by atoms with Crippen molar-refractivity contribution in [1.29, 1.82) is 0 Å². The number of hydrogen-bond donors (Lipinski definition) is 2. The number of nitrogens with zero attached hydrogens (tertiary/aromatic N) is 3. The maximum Gasteiger partial charge on any atom is 0.233 e. The molecule has 0 aliphatic rings. The molecule has 0 fully saturated rings. The average Bonchev–Trinajstić information content (AvgIpc) is 2.56. The molecule has 0 aliphatic carbocycles. The zero-order chi connectivity index (χ0) is 17.9. The highest BCUT2D eigenvalue weighted by atomic mass is 19.1. The van der Waals surface area contributed by atoms with Crippen LogP contribution in [0.25, 0.3) is 0 Å². The Labute approximate surface area is 141 Å². The predicted molar refractivity (Wildman–Crippen MR) is 93.4 cm³/mol. The monoisotopic (exact) mass is 333 g/mol. The Bertz CT molecular complexity index is 651. The summed E-state index contributed by atoms with van der Waals surface area (Å²) in [6, 6.07) is 4.95. The lowest BCUT2D eigenvalue weighted by atomic mass is 10.0. The Morgan fingerprint density at radius 1 is 1.25 bits per heavy atom. The highest BCUT2D eigenvalue weighted by Gasteiger charge is 2.07. The molecule has 0 radical (unpaired) electrons. The Balaban J connectivity index is 0.00000139. The number of amides is 1. The first-order chi connectivity index (χ1) is 11.6. The molecule has 2 aromatic rings. The molecule has 1 atom stereocenters. The third kappa shape index (κ3) is 6.28. The molecule has 1 unspecified atom stereocenters. The van der Waals surface area contributed by atoms with Gasteiger partial charge in [0, 0.05) is 6.04 Å². The number of hydrogen-bond acceptors (Lipinski definition) is 5. The molecule has 0 aliphatic heterocycles. The van der Waals surface area contributed by atoms with Crippen molar-refractivity contribution in [2.45, 2.75) is 46.6 Å². The molecule has 0 spiro atoms. The number of rotatable bonds is 7. The van der Waals surface area contributed by atoms with E-state index in [0.717, 1.165) is 24.0 Å². The number of carbonyl (C=O) groups excluding carboxylic acids is 1. The van der Waals surface area contributed by atoms with Crippen LogP contribution < -0.4 is 10.6 Å². The first-order valence-electron chi connectivity index (χ1n) is 7.99. The van der Waals surface area contributed by atoms with Gasteiger partial charge in [0.05, 0.1) is 0 Å². The van der Waals surface area contributed by atoms with Crippen LogP contribution in [0.3, 0.4) is 0 Å². The summed E-state index contributed by atoms with van der Waals surface area (Å²) in [5.41, 5.74) is 2.07. The van der Waals surface area contributed by atoms with Crippen LogP contribution in [0.4, 0.5) is 16.3 Å². The number of anilines is 2. The highest BCUT2D eigenvalue weighted by molar-refractivity contribution is 5.66. The number of aryl methyl sites for hydroxylation is 2. The van der Waals surface area contributed by atoms with Gasteiger partial charge in [-0.1, -0.05) is 19.9 Å². The summed E-state index contributed by atoms with van der Waals surface area (Å²) in [6.45, 7) is 7.91. The van der Waals surface area contributed by atoms with Crippen molar-refractivity contribution in [3.05, 3.63) is 41.5 Å². The van der Waals surface area contributed by atoms with Gasteiger partial charge in [-0.25, -0.2) is 14.4 Å². The summed E-state index contributed by atoms with van der Waals surface area (Å²) in [7, 11) is 0. The minimum atomic E-state index is -0.215. The Kier molecular flexibility index (Phi) is 8.32. The van der Waals surface area contributed by atoms with Crippen molar-refractivity contribution >= 4 is 18.3 Å². The molecule has 1 amide bonds. The van der Waals surface area contributed by atoms with E-state index in [1.165, 1.54) is 18.5 Å². The minimum Gasteiger partial charge on any atom is -0.352 e. The number of halogens is 1. The molecule has 0 bridgehead atoms. The fourth-order valence-corrected chi connectivity index (χ4v) is 2.09. The fraction of sp³-hybridized carbons (Fsp3) is 0.412. The molecule has 130 valence electrons. The van der Waals surface area contributed by atoms with E-state index in [-0.39, 0.29) is 17.8 Å². The maximum absolute atomic E-state index is 13.1. The molecule has 7 heteroatoms. The van der Waals surface area contributed by atoms with Gasteiger partial charge in [0.2, 0.25) is 18.3 Å². The van der Waals surface area contributed by atoms with Gasteiger partial charge in [-0.05, 0) is 49.9 Å². The number of benzene rings is 1. The van der Waals surface area contributed by atoms with Gasteiger partial charge >= 0.3 is 0 Å². The normalized spacial score (nSPS) is 11.0. The van der Waals surface area contributed by atoms with E-state index >= 15 is 0 Å². The lowest BCUT2D eigenvalue weighted by molar-refractivity contribution is -0.105. The van der Waals surface area contributed by atoms with Crippen LogP contribution in [-0.4, -0.2) is 27.4 Å². The highest BCUT2D eigenvalue weighted by Crippen LogP contribution is 2.14. The summed E-state index contributed by atoms with van der Waals surface area (Å²) < 4.78 is 13.1. The van der Waals surface area contributed by atoms with Gasteiger partial charge in [0.15, 0.2) is 0 Å². The molecular weight excluding hydrogens is 309 g/mol. The molecule has 2 rings (SSSR count). The molecule has 24 heavy (non-hydrogen) atoms. The van der Waals surface area contributed by atoms with Gasteiger partial charge < -0.3 is 5.32 Å². The van der Waals surface area contributed by atoms with Crippen LogP contribution in [0.1, 0.15) is 38.3 Å². The average molecular weight is 333 g/mol. The van der Waals surface area contributed by atoms with Crippen LogP contribution in [0.5, 0.6) is 0 Å². The van der Waals surface area contributed by atoms with E-state index in [2.05, 4.69) is 25.6 Å². The van der Waals surface area contributed by atoms with Gasteiger partial charge in [0.25, 0.3) is 0 Å². The van der Waals surface area contributed by atoms with E-state index < -0.39 is 0 Å². The second-order valence-electron chi connectivity index (χ2n) is 5.05. The standard InChI is InChI=1S/C15H18FN5O.C2H6/c1-10-7-13(16)6-5-12(10)4-3-11(2)20-15-18-8-17-14(21-15)19-9-22;1-2/h5-9,11H,3-4H2,1-2H3,(H2,17,18,19,20,21,22);1-2H3. The third-order valence-corrected chi connectivity index (χ3v) is 3.29. The predicted octanol–water partition coefficient (Wildman–Crippen LogP) is 3.35. The zero-order valence-corrected chi connectivity index (χ0v) is 14.5. The van der Waals surface area contributed by atoms with Crippen LogP contribution in [0.15, 0.2) is 24.5 Å². The third-order valence-electron chi connectivity index (χ3n) is 3.29. The molecule has 6 nitrogen and oxygen atoms in total. The summed E-state index contributed by atoms with van der Waals surface area (Å²) in [5.74, 6) is 0.393. The molecule has 2 N–H and O–H groups in total. The summed E-state index contributed by atoms with van der Waals surface area (Å²) >= 11 is 0. The van der Waals surface area contributed by atoms with Gasteiger partial charge in [0.1, 0.15) is 12.1 Å². The molecule has 0 saturated heterocycles. The first kappa shape index (κ1) is 19.5.